The van der Waals surface area contributed by atoms with Gasteiger partial charge < -0.3 is 14.0 Å². The molecule has 3 heterocycles. The molecule has 30 heavy (non-hydrogen) atoms. The Morgan fingerprint density at radius 2 is 1.93 bits per heavy atom. The fourth-order valence-corrected chi connectivity index (χ4v) is 4.97. The fraction of sp³-hybridized carbons (Fsp3) is 0.421. The van der Waals surface area contributed by atoms with Crippen molar-refractivity contribution in [3.8, 4) is 11.5 Å². The Labute approximate surface area is 179 Å². The first-order valence-electron chi connectivity index (χ1n) is 9.64. The molecule has 0 fully saturated rings. The highest BCUT2D eigenvalue weighted by atomic mass is 32.2. The van der Waals surface area contributed by atoms with Gasteiger partial charge in [-0.1, -0.05) is 18.7 Å². The van der Waals surface area contributed by atoms with Gasteiger partial charge in [0.15, 0.2) is 22.3 Å². The van der Waals surface area contributed by atoms with Crippen LogP contribution in [-0.4, -0.2) is 46.9 Å². The van der Waals surface area contributed by atoms with E-state index >= 15 is 0 Å². The standard InChI is InChI=1S/C19H23N5O4S2/c1-3-13-9-14-15(28-7-6-27-14)10-16(13)29-19-23-17-12(2)21-11-22-18(17)24(19)5-4-8-30(20,25)26/h9-11H,3-8H2,1-2H3,(H2,20,25,26). The molecule has 0 atom stereocenters. The van der Waals surface area contributed by atoms with Gasteiger partial charge in [0.2, 0.25) is 10.0 Å². The summed E-state index contributed by atoms with van der Waals surface area (Å²) in [7, 11) is -3.54. The number of nitrogens with zero attached hydrogens (tertiary/aromatic N) is 4. The molecule has 0 saturated heterocycles. The zero-order valence-corrected chi connectivity index (χ0v) is 18.4. The van der Waals surface area contributed by atoms with Crippen molar-refractivity contribution in [2.45, 2.75) is 43.3 Å². The van der Waals surface area contributed by atoms with Crippen molar-refractivity contribution in [1.82, 2.24) is 19.5 Å². The first-order valence-corrected chi connectivity index (χ1v) is 12.2. The van der Waals surface area contributed by atoms with Crippen LogP contribution < -0.4 is 14.6 Å². The van der Waals surface area contributed by atoms with Crippen molar-refractivity contribution in [3.05, 3.63) is 29.7 Å². The molecule has 2 N–H and O–H groups in total. The lowest BCUT2D eigenvalue weighted by Crippen LogP contribution is -2.18. The highest BCUT2D eigenvalue weighted by Gasteiger charge is 2.20. The van der Waals surface area contributed by atoms with E-state index in [-0.39, 0.29) is 5.75 Å². The Hall–Kier alpha value is -2.37. The van der Waals surface area contributed by atoms with Gasteiger partial charge in [-0.15, -0.1) is 0 Å². The summed E-state index contributed by atoms with van der Waals surface area (Å²) >= 11 is 1.50. The van der Waals surface area contributed by atoms with Crippen LogP contribution in [0.2, 0.25) is 0 Å². The fourth-order valence-electron chi connectivity index (χ4n) is 3.31. The molecule has 0 saturated carbocycles. The molecule has 3 aromatic rings. The molecular formula is C19H23N5O4S2. The smallest absolute Gasteiger partial charge is 0.209 e. The van der Waals surface area contributed by atoms with Crippen LogP contribution in [0.25, 0.3) is 11.2 Å². The maximum atomic E-state index is 11.4. The molecular weight excluding hydrogens is 426 g/mol. The summed E-state index contributed by atoms with van der Waals surface area (Å²) in [4.78, 5) is 14.4. The number of hydrogen-bond acceptors (Lipinski definition) is 8. The van der Waals surface area contributed by atoms with Gasteiger partial charge in [-0.05, 0) is 37.5 Å². The van der Waals surface area contributed by atoms with Crippen molar-refractivity contribution in [2.24, 2.45) is 5.14 Å². The van der Waals surface area contributed by atoms with E-state index in [1.165, 1.54) is 18.1 Å². The third-order valence-corrected chi connectivity index (χ3v) is 6.75. The van der Waals surface area contributed by atoms with E-state index in [0.29, 0.717) is 43.1 Å². The molecule has 0 bridgehead atoms. The van der Waals surface area contributed by atoms with Crippen LogP contribution >= 0.6 is 11.8 Å². The second-order valence-corrected chi connectivity index (χ2v) is 9.70. The lowest BCUT2D eigenvalue weighted by Gasteiger charge is -2.20. The number of sulfonamides is 1. The van der Waals surface area contributed by atoms with Gasteiger partial charge in [-0.25, -0.2) is 28.5 Å². The molecule has 1 aliphatic rings. The Morgan fingerprint density at radius 3 is 2.63 bits per heavy atom. The van der Waals surface area contributed by atoms with Gasteiger partial charge in [0.1, 0.15) is 25.1 Å². The van der Waals surface area contributed by atoms with Gasteiger partial charge in [0, 0.05) is 11.4 Å². The van der Waals surface area contributed by atoms with Crippen LogP contribution in [0.4, 0.5) is 0 Å². The van der Waals surface area contributed by atoms with Gasteiger partial charge in [-0.3, -0.25) is 0 Å². The summed E-state index contributed by atoms with van der Waals surface area (Å²) in [5.74, 6) is 1.37. The Kier molecular flexibility index (Phi) is 5.85. The van der Waals surface area contributed by atoms with E-state index in [4.69, 9.17) is 19.6 Å². The van der Waals surface area contributed by atoms with Crippen molar-refractivity contribution < 1.29 is 17.9 Å². The zero-order valence-electron chi connectivity index (χ0n) is 16.8. The average Bonchev–Trinajstić information content (AvgIpc) is 3.05. The third kappa shape index (κ3) is 4.37. The number of aromatic nitrogens is 4. The van der Waals surface area contributed by atoms with Gasteiger partial charge in [-0.2, -0.15) is 0 Å². The first kappa shape index (κ1) is 20.9. The third-order valence-electron chi connectivity index (χ3n) is 4.80. The Balaban J connectivity index is 1.73. The first-order chi connectivity index (χ1) is 14.4. The number of ether oxygens (including phenoxy) is 2. The average molecular weight is 450 g/mol. The molecule has 0 radical (unpaired) electrons. The highest BCUT2D eigenvalue weighted by molar-refractivity contribution is 7.99. The van der Waals surface area contributed by atoms with E-state index in [2.05, 4.69) is 16.9 Å². The normalized spacial score (nSPS) is 13.7. The minimum absolute atomic E-state index is 0.106. The molecule has 0 aliphatic carbocycles. The summed E-state index contributed by atoms with van der Waals surface area (Å²) in [6.45, 7) is 5.45. The number of fused-ring (bicyclic) bond motifs is 2. The topological polar surface area (TPSA) is 122 Å². The lowest BCUT2D eigenvalue weighted by molar-refractivity contribution is 0.171. The summed E-state index contributed by atoms with van der Waals surface area (Å²) < 4.78 is 36.1. The van der Waals surface area contributed by atoms with Crippen molar-refractivity contribution >= 4 is 32.9 Å². The quantitative estimate of drug-likeness (QED) is 0.583. The molecule has 1 aliphatic heterocycles. The number of imidazole rings is 1. The summed E-state index contributed by atoms with van der Waals surface area (Å²) in [5, 5.41) is 5.88. The number of aryl methyl sites for hydroxylation is 3. The second-order valence-electron chi connectivity index (χ2n) is 6.96. The van der Waals surface area contributed by atoms with Crippen molar-refractivity contribution in [2.75, 3.05) is 19.0 Å². The molecule has 9 nitrogen and oxygen atoms in total. The van der Waals surface area contributed by atoms with E-state index in [1.807, 2.05) is 23.6 Å². The minimum atomic E-state index is -3.54. The number of primary sulfonamides is 1. The zero-order chi connectivity index (χ0) is 21.3. The molecule has 1 aromatic carbocycles. The maximum Gasteiger partial charge on any atom is 0.209 e. The molecule has 0 unspecified atom stereocenters. The van der Waals surface area contributed by atoms with Crippen LogP contribution in [0, 0.1) is 6.92 Å². The van der Waals surface area contributed by atoms with Crippen LogP contribution in [0.1, 0.15) is 24.6 Å². The SMILES string of the molecule is CCc1cc2c(cc1Sc1nc3c(C)ncnc3n1CCCS(N)(=O)=O)OCCO2. The van der Waals surface area contributed by atoms with E-state index in [1.54, 1.807) is 0 Å². The second kappa shape index (κ2) is 8.40. The van der Waals surface area contributed by atoms with Gasteiger partial charge >= 0.3 is 0 Å². The molecule has 0 amide bonds. The maximum absolute atomic E-state index is 11.4. The largest absolute Gasteiger partial charge is 0.486 e. The molecule has 2 aromatic heterocycles. The summed E-state index contributed by atoms with van der Waals surface area (Å²) in [6, 6.07) is 3.99. The number of hydrogen-bond donors (Lipinski definition) is 1. The number of nitrogens with two attached hydrogens (primary N) is 1. The number of rotatable bonds is 7. The van der Waals surface area contributed by atoms with Crippen LogP contribution in [0.5, 0.6) is 11.5 Å². The van der Waals surface area contributed by atoms with Crippen molar-refractivity contribution in [3.63, 3.8) is 0 Å². The van der Waals surface area contributed by atoms with Crippen LogP contribution in [0.3, 0.4) is 0 Å². The predicted octanol–water partition coefficient (Wildman–Crippen LogP) is 2.30. The van der Waals surface area contributed by atoms with Crippen molar-refractivity contribution in [1.29, 1.82) is 0 Å². The lowest BCUT2D eigenvalue weighted by atomic mass is 10.1. The number of benzene rings is 1. The Bertz CT molecular complexity index is 1190. The van der Waals surface area contributed by atoms with Crippen LogP contribution in [-0.2, 0) is 23.0 Å². The van der Waals surface area contributed by atoms with Gasteiger partial charge in [0.25, 0.3) is 0 Å². The molecule has 4 rings (SSSR count). The summed E-state index contributed by atoms with van der Waals surface area (Å²) in [6.07, 6.45) is 2.68. The van der Waals surface area contributed by atoms with E-state index in [0.717, 1.165) is 33.5 Å². The minimum Gasteiger partial charge on any atom is -0.486 e. The summed E-state index contributed by atoms with van der Waals surface area (Å²) in [5.41, 5.74) is 3.27. The monoisotopic (exact) mass is 449 g/mol. The van der Waals surface area contributed by atoms with E-state index in [9.17, 15) is 8.42 Å². The molecule has 160 valence electrons. The Morgan fingerprint density at radius 1 is 1.20 bits per heavy atom. The van der Waals surface area contributed by atoms with Gasteiger partial charge in [0.05, 0.1) is 11.4 Å². The highest BCUT2D eigenvalue weighted by Crippen LogP contribution is 2.40. The molecule has 11 heteroatoms. The predicted molar refractivity (Wildman–Crippen MR) is 114 cm³/mol. The van der Waals surface area contributed by atoms with Crippen LogP contribution in [0.15, 0.2) is 28.5 Å². The molecule has 0 spiro atoms. The van der Waals surface area contributed by atoms with E-state index < -0.39 is 10.0 Å².